The van der Waals surface area contributed by atoms with E-state index in [2.05, 4.69) is 12.3 Å². The molecule has 0 fully saturated rings. The van der Waals surface area contributed by atoms with Gasteiger partial charge in [0.05, 0.1) is 10.1 Å². The minimum atomic E-state index is -3.92. The Morgan fingerprint density at radius 1 is 1.62 bits per heavy atom. The van der Waals surface area contributed by atoms with Gasteiger partial charge < -0.3 is 10.3 Å². The van der Waals surface area contributed by atoms with Crippen LogP contribution in [0.3, 0.4) is 0 Å². The maximum atomic E-state index is 9.68. The molecule has 0 aliphatic rings. The average molecular weight is 217 g/mol. The van der Waals surface area contributed by atoms with Crippen LogP contribution in [0.5, 0.6) is 0 Å². The molecule has 0 radical (unpaired) electrons. The van der Waals surface area contributed by atoms with E-state index in [9.17, 15) is 17.8 Å². The van der Waals surface area contributed by atoms with Crippen molar-refractivity contribution in [2.24, 2.45) is 5.73 Å². The molecular formula is C6H12NNaO4S. The largest absolute Gasteiger partial charge is 1.00 e. The molecule has 72 valence electrons. The Morgan fingerprint density at radius 2 is 1.92 bits per heavy atom. The van der Waals surface area contributed by atoms with Crippen molar-refractivity contribution in [1.29, 1.82) is 0 Å². The van der Waals surface area contributed by atoms with E-state index >= 15 is 0 Å². The maximum Gasteiger partial charge on any atom is 1.00 e. The van der Waals surface area contributed by atoms with E-state index < -0.39 is 16.0 Å². The van der Waals surface area contributed by atoms with Crippen LogP contribution in [0.25, 0.3) is 0 Å². The SMILES string of the molecule is C=CC(N)=O.CCCS(=O)(=O)[O-].[Na+]. The maximum absolute atomic E-state index is 9.68. The van der Waals surface area contributed by atoms with Crippen LogP contribution < -0.4 is 35.3 Å². The van der Waals surface area contributed by atoms with Crippen LogP contribution in [-0.4, -0.2) is 24.6 Å². The number of amides is 1. The molecule has 0 saturated carbocycles. The molecule has 0 aliphatic carbocycles. The van der Waals surface area contributed by atoms with Crippen LogP contribution in [0.4, 0.5) is 0 Å². The standard InChI is InChI=1S/C3H5NO.C3H8O3S.Na/c1-2-3(4)5;1-2-3-7(4,5)6;/h2H,1H2,(H2,4,5);2-3H2,1H3,(H,4,5,6);/q;;+1/p-1. The summed E-state index contributed by atoms with van der Waals surface area (Å²) in [5, 5.41) is 0. The summed E-state index contributed by atoms with van der Waals surface area (Å²) in [4.78, 5) is 9.47. The second-order valence-corrected chi connectivity index (χ2v) is 3.39. The summed E-state index contributed by atoms with van der Waals surface area (Å²) in [6.45, 7) is 4.73. The van der Waals surface area contributed by atoms with Crippen LogP contribution in [0.1, 0.15) is 13.3 Å². The fraction of sp³-hybridized carbons (Fsp3) is 0.500. The Balaban J connectivity index is -0.000000150. The normalized spacial score (nSPS) is 8.77. The molecule has 2 N–H and O–H groups in total. The van der Waals surface area contributed by atoms with Gasteiger partial charge in [-0.2, -0.15) is 0 Å². The summed E-state index contributed by atoms with van der Waals surface area (Å²) in [6, 6.07) is 0. The fourth-order valence-electron chi connectivity index (χ4n) is 0.250. The number of rotatable bonds is 3. The quantitative estimate of drug-likeness (QED) is 0.302. The summed E-state index contributed by atoms with van der Waals surface area (Å²) < 4.78 is 29.0. The zero-order valence-corrected chi connectivity index (χ0v) is 10.6. The van der Waals surface area contributed by atoms with Crippen molar-refractivity contribution in [3.63, 3.8) is 0 Å². The van der Waals surface area contributed by atoms with Crippen LogP contribution in [0.15, 0.2) is 12.7 Å². The molecule has 7 heteroatoms. The van der Waals surface area contributed by atoms with E-state index in [0.717, 1.165) is 6.08 Å². The van der Waals surface area contributed by atoms with Gasteiger partial charge in [-0.05, 0) is 12.5 Å². The van der Waals surface area contributed by atoms with E-state index in [0.29, 0.717) is 6.42 Å². The first kappa shape index (κ1) is 18.8. The molecule has 0 heterocycles. The van der Waals surface area contributed by atoms with E-state index in [4.69, 9.17) is 0 Å². The Labute approximate surface area is 100 Å². The molecule has 0 aromatic rings. The van der Waals surface area contributed by atoms with Crippen LogP contribution in [0.2, 0.25) is 0 Å². The van der Waals surface area contributed by atoms with E-state index in [1.165, 1.54) is 0 Å². The Hall–Kier alpha value is 0.120. The molecule has 0 unspecified atom stereocenters. The number of carbonyl (C=O) groups is 1. The van der Waals surface area contributed by atoms with Crippen molar-refractivity contribution in [1.82, 2.24) is 0 Å². The van der Waals surface area contributed by atoms with Gasteiger partial charge in [-0.25, -0.2) is 8.42 Å². The monoisotopic (exact) mass is 217 g/mol. The zero-order chi connectivity index (χ0) is 10.2. The summed E-state index contributed by atoms with van der Waals surface area (Å²) in [6.07, 6.45) is 1.46. The van der Waals surface area contributed by atoms with Gasteiger partial charge in [0, 0.05) is 5.75 Å². The van der Waals surface area contributed by atoms with Gasteiger partial charge in [-0.1, -0.05) is 13.5 Å². The number of carbonyl (C=O) groups excluding carboxylic acids is 1. The summed E-state index contributed by atoms with van der Waals surface area (Å²) in [5.74, 6) is -0.725. The Bertz CT molecular complexity index is 237. The van der Waals surface area contributed by atoms with Gasteiger partial charge in [0.2, 0.25) is 5.91 Å². The third kappa shape index (κ3) is 33.1. The molecule has 13 heavy (non-hydrogen) atoms. The Kier molecular flexibility index (Phi) is 14.8. The van der Waals surface area contributed by atoms with Gasteiger partial charge in [-0.15, -0.1) is 0 Å². The second-order valence-electron chi connectivity index (χ2n) is 1.87. The number of hydrogen-bond donors (Lipinski definition) is 1. The molecular weight excluding hydrogens is 205 g/mol. The molecule has 1 amide bonds. The molecule has 0 rings (SSSR count). The van der Waals surface area contributed by atoms with Crippen molar-refractivity contribution in [2.75, 3.05) is 5.75 Å². The third-order valence-electron chi connectivity index (χ3n) is 0.655. The van der Waals surface area contributed by atoms with Crippen LogP contribution in [0, 0.1) is 0 Å². The van der Waals surface area contributed by atoms with Crippen molar-refractivity contribution in [2.45, 2.75) is 13.3 Å². The minimum Gasteiger partial charge on any atom is -0.748 e. The Morgan fingerprint density at radius 3 is 1.92 bits per heavy atom. The second kappa shape index (κ2) is 10.2. The smallest absolute Gasteiger partial charge is 0.748 e. The molecule has 0 aromatic heterocycles. The van der Waals surface area contributed by atoms with Crippen molar-refractivity contribution in [3.05, 3.63) is 12.7 Å². The zero-order valence-electron chi connectivity index (χ0n) is 7.82. The van der Waals surface area contributed by atoms with Gasteiger partial charge >= 0.3 is 29.6 Å². The van der Waals surface area contributed by atoms with Crippen molar-refractivity contribution < 1.29 is 47.3 Å². The number of hydrogen-bond acceptors (Lipinski definition) is 4. The fourth-order valence-corrected chi connectivity index (χ4v) is 0.750. The third-order valence-corrected chi connectivity index (χ3v) is 1.56. The molecule has 0 spiro atoms. The molecule has 0 atom stereocenters. The summed E-state index contributed by atoms with van der Waals surface area (Å²) >= 11 is 0. The molecule has 0 aliphatic heterocycles. The van der Waals surface area contributed by atoms with Crippen molar-refractivity contribution >= 4 is 16.0 Å². The molecule has 0 aromatic carbocycles. The molecule has 5 nitrogen and oxygen atoms in total. The first-order chi connectivity index (χ1) is 5.33. The van der Waals surface area contributed by atoms with E-state index in [1.54, 1.807) is 6.92 Å². The first-order valence-corrected chi connectivity index (χ1v) is 4.76. The minimum absolute atomic E-state index is 0. The van der Waals surface area contributed by atoms with Gasteiger partial charge in [0.15, 0.2) is 0 Å². The summed E-state index contributed by atoms with van der Waals surface area (Å²) in [5.41, 5.74) is 4.53. The average Bonchev–Trinajstić information content (AvgIpc) is 1.86. The van der Waals surface area contributed by atoms with Gasteiger partial charge in [0.1, 0.15) is 0 Å². The van der Waals surface area contributed by atoms with Crippen molar-refractivity contribution in [3.8, 4) is 0 Å². The topological polar surface area (TPSA) is 100 Å². The van der Waals surface area contributed by atoms with Crippen LogP contribution in [-0.2, 0) is 14.9 Å². The van der Waals surface area contributed by atoms with Gasteiger partial charge in [0.25, 0.3) is 0 Å². The summed E-state index contributed by atoms with van der Waals surface area (Å²) in [7, 11) is -3.92. The predicted molar refractivity (Wildman–Crippen MR) is 44.2 cm³/mol. The molecule has 0 bridgehead atoms. The number of nitrogens with two attached hydrogens (primary N) is 1. The number of primary amides is 1. The van der Waals surface area contributed by atoms with E-state index in [1.807, 2.05) is 0 Å². The molecule has 0 saturated heterocycles. The van der Waals surface area contributed by atoms with Crippen LogP contribution >= 0.6 is 0 Å². The van der Waals surface area contributed by atoms with E-state index in [-0.39, 0.29) is 35.3 Å². The van der Waals surface area contributed by atoms with Gasteiger partial charge in [-0.3, -0.25) is 4.79 Å². The predicted octanol–water partition coefficient (Wildman–Crippen LogP) is -3.40. The first-order valence-electron chi connectivity index (χ1n) is 3.19.